The van der Waals surface area contributed by atoms with Gasteiger partial charge < -0.3 is 10.8 Å². The monoisotopic (exact) mass is 183 g/mol. The third-order valence-electron chi connectivity index (χ3n) is 1.05. The van der Waals surface area contributed by atoms with E-state index in [0.29, 0.717) is 0 Å². The van der Waals surface area contributed by atoms with E-state index in [1.165, 1.54) is 25.2 Å². The average Bonchev–Trinajstić information content (AvgIpc) is 2.07. The van der Waals surface area contributed by atoms with Crippen LogP contribution in [0.5, 0.6) is 0 Å². The van der Waals surface area contributed by atoms with Crippen LogP contribution in [0.1, 0.15) is 20.8 Å². The van der Waals surface area contributed by atoms with Gasteiger partial charge in [0.1, 0.15) is 0 Å². The minimum atomic E-state index is -1.02. The van der Waals surface area contributed by atoms with E-state index in [0.717, 1.165) is 0 Å². The summed E-state index contributed by atoms with van der Waals surface area (Å²) >= 11 is 0. The van der Waals surface area contributed by atoms with Gasteiger partial charge in [0.05, 0.1) is 5.57 Å². The van der Waals surface area contributed by atoms with E-state index < -0.39 is 5.97 Å². The molecule has 0 fully saturated rings. The predicted octanol–water partition coefficient (Wildman–Crippen LogP) is 2.07. The van der Waals surface area contributed by atoms with Crippen molar-refractivity contribution in [2.75, 3.05) is 0 Å². The van der Waals surface area contributed by atoms with Crippen molar-refractivity contribution in [1.29, 1.82) is 0 Å². The molecule has 0 radical (unpaired) electrons. The lowest BCUT2D eigenvalue weighted by molar-refractivity contribution is -0.132. The van der Waals surface area contributed by atoms with Crippen LogP contribution in [0.2, 0.25) is 0 Å². The summed E-state index contributed by atoms with van der Waals surface area (Å²) in [6, 6.07) is 0. The first-order valence-electron chi connectivity index (χ1n) is 4.08. The lowest BCUT2D eigenvalue weighted by atomic mass is 10.2. The topological polar surface area (TPSA) is 63.3 Å². The highest BCUT2D eigenvalue weighted by Crippen LogP contribution is 2.00. The van der Waals surface area contributed by atoms with Crippen LogP contribution in [0.15, 0.2) is 36.1 Å². The van der Waals surface area contributed by atoms with Crippen LogP contribution in [0.4, 0.5) is 0 Å². The van der Waals surface area contributed by atoms with Crippen LogP contribution in [0.25, 0.3) is 0 Å². The van der Waals surface area contributed by atoms with Crippen molar-refractivity contribution in [3.8, 4) is 0 Å². The van der Waals surface area contributed by atoms with Crippen LogP contribution in [-0.2, 0) is 4.79 Å². The summed E-state index contributed by atoms with van der Waals surface area (Å²) in [6.07, 6.45) is 4.43. The third kappa shape index (κ3) is 6.87. The molecule has 3 N–H and O–H groups in total. The summed E-state index contributed by atoms with van der Waals surface area (Å²) < 4.78 is 0. The van der Waals surface area contributed by atoms with Crippen molar-refractivity contribution >= 4 is 5.97 Å². The second-order valence-corrected chi connectivity index (χ2v) is 2.00. The molecule has 0 amide bonds. The molecular formula is C10H17NO2. The molecule has 74 valence electrons. The van der Waals surface area contributed by atoms with E-state index in [1.54, 1.807) is 0 Å². The minimum absolute atomic E-state index is 0.102. The first-order chi connectivity index (χ1) is 6.09. The number of carbonyl (C=O) groups is 1. The van der Waals surface area contributed by atoms with Crippen LogP contribution in [-0.4, -0.2) is 11.1 Å². The number of carboxylic acids is 1. The van der Waals surface area contributed by atoms with E-state index in [2.05, 4.69) is 6.58 Å². The molecule has 0 aliphatic rings. The quantitative estimate of drug-likeness (QED) is 0.520. The Bertz CT molecular complexity index is 223. The van der Waals surface area contributed by atoms with E-state index in [9.17, 15) is 4.79 Å². The van der Waals surface area contributed by atoms with Gasteiger partial charge in [-0.3, -0.25) is 0 Å². The van der Waals surface area contributed by atoms with Crippen LogP contribution in [0.3, 0.4) is 0 Å². The van der Waals surface area contributed by atoms with Gasteiger partial charge in [-0.15, -0.1) is 0 Å². The highest BCUT2D eigenvalue weighted by molar-refractivity contribution is 5.90. The molecule has 0 atom stereocenters. The van der Waals surface area contributed by atoms with Gasteiger partial charge in [-0.1, -0.05) is 32.6 Å². The Hall–Kier alpha value is -1.51. The predicted molar refractivity (Wildman–Crippen MR) is 55.2 cm³/mol. The number of hydrogen-bond acceptors (Lipinski definition) is 2. The molecule has 0 bridgehead atoms. The van der Waals surface area contributed by atoms with Crippen molar-refractivity contribution < 1.29 is 9.90 Å². The van der Waals surface area contributed by atoms with Crippen molar-refractivity contribution in [2.45, 2.75) is 20.8 Å². The van der Waals surface area contributed by atoms with E-state index >= 15 is 0 Å². The number of aliphatic carboxylic acids is 1. The first kappa shape index (κ1) is 14.0. The zero-order chi connectivity index (χ0) is 10.9. The maximum Gasteiger partial charge on any atom is 0.337 e. The third-order valence-corrected chi connectivity index (χ3v) is 1.05. The summed E-state index contributed by atoms with van der Waals surface area (Å²) in [6.45, 7) is 8.95. The van der Waals surface area contributed by atoms with Crippen LogP contribution >= 0.6 is 0 Å². The van der Waals surface area contributed by atoms with Crippen molar-refractivity contribution in [3.63, 3.8) is 0 Å². The Labute approximate surface area is 79.3 Å². The van der Waals surface area contributed by atoms with Gasteiger partial charge in [0.2, 0.25) is 0 Å². The molecule has 0 aliphatic heterocycles. The Morgan fingerprint density at radius 2 is 1.92 bits per heavy atom. The zero-order valence-electron chi connectivity index (χ0n) is 8.37. The number of carboxylic acid groups (broad SMARTS) is 1. The Kier molecular flexibility index (Phi) is 9.27. The molecule has 0 heterocycles. The molecule has 3 heteroatoms. The molecule has 0 aromatic rings. The second-order valence-electron chi connectivity index (χ2n) is 2.00. The molecular weight excluding hydrogens is 166 g/mol. The fourth-order valence-electron chi connectivity index (χ4n) is 0.536. The number of nitrogens with two attached hydrogens (primary N) is 1. The van der Waals surface area contributed by atoms with Gasteiger partial charge in [-0.25, -0.2) is 4.79 Å². The van der Waals surface area contributed by atoms with Crippen molar-refractivity contribution in [3.05, 3.63) is 36.1 Å². The molecule has 0 unspecified atom stereocenters. The van der Waals surface area contributed by atoms with Crippen LogP contribution < -0.4 is 5.73 Å². The number of allylic oxidation sites excluding steroid dienone is 3. The smallest absolute Gasteiger partial charge is 0.337 e. The molecule has 0 aromatic heterocycles. The molecule has 0 aliphatic carbocycles. The highest BCUT2D eigenvalue weighted by Gasteiger charge is 2.03. The van der Waals surface area contributed by atoms with Gasteiger partial charge >= 0.3 is 5.97 Å². The first-order valence-corrected chi connectivity index (χ1v) is 4.08. The summed E-state index contributed by atoms with van der Waals surface area (Å²) in [5.74, 6) is -1.02. The minimum Gasteiger partial charge on any atom is -0.478 e. The second kappa shape index (κ2) is 8.59. The van der Waals surface area contributed by atoms with E-state index in [-0.39, 0.29) is 11.3 Å². The number of rotatable bonds is 3. The Balaban J connectivity index is 0. The number of hydrogen-bond donors (Lipinski definition) is 2. The standard InChI is InChI=1S/C8H11NO2.C2H6/c1-3-4-5-7(6(2)9)8(10)11;1-2/h3-5H,1,9H2,2H3,(H,10,11);1-2H3/b5-4-,7-6-;. The SMILES string of the molecule is C=C/C=C\C(C(=O)O)=C(/C)N.CC. The molecule has 0 saturated heterocycles. The lowest BCUT2D eigenvalue weighted by Gasteiger charge is -1.95. The van der Waals surface area contributed by atoms with Crippen LogP contribution in [0, 0.1) is 0 Å². The molecule has 0 aromatic carbocycles. The summed E-state index contributed by atoms with van der Waals surface area (Å²) in [5.41, 5.74) is 5.68. The Morgan fingerprint density at radius 1 is 1.46 bits per heavy atom. The van der Waals surface area contributed by atoms with Gasteiger partial charge in [0.25, 0.3) is 0 Å². The van der Waals surface area contributed by atoms with E-state index in [1.807, 2.05) is 13.8 Å². The fourth-order valence-corrected chi connectivity index (χ4v) is 0.536. The lowest BCUT2D eigenvalue weighted by Crippen LogP contribution is -2.05. The maximum atomic E-state index is 10.4. The van der Waals surface area contributed by atoms with Gasteiger partial charge in [-0.05, 0) is 13.0 Å². The molecule has 0 spiro atoms. The van der Waals surface area contributed by atoms with Crippen molar-refractivity contribution in [1.82, 2.24) is 0 Å². The summed E-state index contributed by atoms with van der Waals surface area (Å²) in [4.78, 5) is 10.4. The van der Waals surface area contributed by atoms with Crippen molar-refractivity contribution in [2.24, 2.45) is 5.73 Å². The summed E-state index contributed by atoms with van der Waals surface area (Å²) in [5, 5.41) is 8.55. The summed E-state index contributed by atoms with van der Waals surface area (Å²) in [7, 11) is 0. The molecule has 0 saturated carbocycles. The van der Waals surface area contributed by atoms with Gasteiger partial charge in [-0.2, -0.15) is 0 Å². The molecule has 13 heavy (non-hydrogen) atoms. The maximum absolute atomic E-state index is 10.4. The van der Waals surface area contributed by atoms with Gasteiger partial charge in [0, 0.05) is 5.70 Å². The van der Waals surface area contributed by atoms with Gasteiger partial charge in [0.15, 0.2) is 0 Å². The average molecular weight is 183 g/mol. The zero-order valence-corrected chi connectivity index (χ0v) is 8.37. The fraction of sp³-hybridized carbons (Fsp3) is 0.300. The largest absolute Gasteiger partial charge is 0.478 e. The molecule has 0 rings (SSSR count). The normalized spacial score (nSPS) is 11.3. The van der Waals surface area contributed by atoms with E-state index in [4.69, 9.17) is 10.8 Å². The molecule has 3 nitrogen and oxygen atoms in total. The Morgan fingerprint density at radius 3 is 2.15 bits per heavy atom. The highest BCUT2D eigenvalue weighted by atomic mass is 16.4.